The number of aromatic amines is 1. The Bertz CT molecular complexity index is 908. The van der Waals surface area contributed by atoms with Crippen molar-refractivity contribution in [3.63, 3.8) is 0 Å². The molecule has 1 aromatic carbocycles. The van der Waals surface area contributed by atoms with E-state index >= 15 is 0 Å². The number of aromatic nitrogens is 5. The maximum absolute atomic E-state index is 12.9. The standard InChI is InChI=1S/C20H27N7O/c1-3-13(2)18(19-22-15-6-4-5-7-16(15)23-19)24-20(28)17-12-27(26-25-17)14-8-10-21-11-9-14/h4-7,12-14,18,21H,3,8-11H2,1-2H3,(H,22,23)(H,24,28). The molecule has 8 nitrogen and oxygen atoms in total. The molecule has 4 rings (SSSR count). The minimum absolute atomic E-state index is 0.214. The highest BCUT2D eigenvalue weighted by Crippen LogP contribution is 2.25. The summed E-state index contributed by atoms with van der Waals surface area (Å²) in [4.78, 5) is 20.9. The lowest BCUT2D eigenvalue weighted by molar-refractivity contribution is 0.0915. The molecule has 1 saturated heterocycles. The van der Waals surface area contributed by atoms with Crippen molar-refractivity contribution in [2.75, 3.05) is 13.1 Å². The van der Waals surface area contributed by atoms with Gasteiger partial charge in [-0.25, -0.2) is 9.67 Å². The zero-order valence-corrected chi connectivity index (χ0v) is 16.4. The summed E-state index contributed by atoms with van der Waals surface area (Å²) in [5.74, 6) is 0.782. The van der Waals surface area contributed by atoms with Crippen LogP contribution in [0.3, 0.4) is 0 Å². The molecular formula is C20H27N7O. The van der Waals surface area contributed by atoms with Gasteiger partial charge in [0.25, 0.3) is 5.91 Å². The van der Waals surface area contributed by atoms with Crippen molar-refractivity contribution in [1.29, 1.82) is 0 Å². The quantitative estimate of drug-likeness (QED) is 0.609. The molecule has 1 amide bonds. The van der Waals surface area contributed by atoms with Gasteiger partial charge >= 0.3 is 0 Å². The molecule has 0 saturated carbocycles. The molecule has 2 aromatic heterocycles. The summed E-state index contributed by atoms with van der Waals surface area (Å²) >= 11 is 0. The van der Waals surface area contributed by atoms with Gasteiger partial charge in [0.05, 0.1) is 29.3 Å². The van der Waals surface area contributed by atoms with E-state index in [1.54, 1.807) is 6.20 Å². The van der Waals surface area contributed by atoms with Crippen molar-refractivity contribution in [2.24, 2.45) is 5.92 Å². The van der Waals surface area contributed by atoms with Crippen molar-refractivity contribution >= 4 is 16.9 Å². The number of carbonyl (C=O) groups is 1. The molecule has 1 fully saturated rings. The summed E-state index contributed by atoms with van der Waals surface area (Å²) in [5.41, 5.74) is 2.22. The molecule has 2 atom stereocenters. The van der Waals surface area contributed by atoms with Gasteiger partial charge in [0, 0.05) is 0 Å². The predicted molar refractivity (Wildman–Crippen MR) is 107 cm³/mol. The Hall–Kier alpha value is -2.74. The van der Waals surface area contributed by atoms with Crippen LogP contribution in [0.4, 0.5) is 0 Å². The van der Waals surface area contributed by atoms with E-state index in [9.17, 15) is 4.79 Å². The molecule has 1 aliphatic heterocycles. The molecule has 8 heteroatoms. The molecule has 1 aliphatic rings. The number of piperidine rings is 1. The van der Waals surface area contributed by atoms with E-state index in [1.807, 2.05) is 28.9 Å². The summed E-state index contributed by atoms with van der Waals surface area (Å²) in [6, 6.07) is 7.98. The lowest BCUT2D eigenvalue weighted by atomic mass is 9.98. The van der Waals surface area contributed by atoms with E-state index in [0.717, 1.165) is 49.2 Å². The Morgan fingerprint density at radius 1 is 1.32 bits per heavy atom. The maximum atomic E-state index is 12.9. The van der Waals surface area contributed by atoms with Crippen LogP contribution in [0.15, 0.2) is 30.5 Å². The molecule has 0 spiro atoms. The summed E-state index contributed by atoms with van der Waals surface area (Å²) in [5, 5.41) is 14.8. The highest BCUT2D eigenvalue weighted by Gasteiger charge is 2.26. The van der Waals surface area contributed by atoms with E-state index in [2.05, 4.69) is 44.8 Å². The van der Waals surface area contributed by atoms with Crippen LogP contribution in [0.5, 0.6) is 0 Å². The van der Waals surface area contributed by atoms with Crippen molar-refractivity contribution in [2.45, 2.75) is 45.2 Å². The van der Waals surface area contributed by atoms with Crippen molar-refractivity contribution < 1.29 is 4.79 Å². The molecule has 3 N–H and O–H groups in total. The third-order valence-corrected chi connectivity index (χ3v) is 5.63. The van der Waals surface area contributed by atoms with Crippen LogP contribution in [0.25, 0.3) is 11.0 Å². The van der Waals surface area contributed by atoms with Crippen molar-refractivity contribution in [1.82, 2.24) is 35.6 Å². The SMILES string of the molecule is CCC(C)C(NC(=O)c1cn(C2CCNCC2)nn1)c1nc2ccccc2[nH]1. The Kier molecular flexibility index (Phi) is 5.38. The van der Waals surface area contributed by atoms with E-state index in [-0.39, 0.29) is 17.9 Å². The van der Waals surface area contributed by atoms with Gasteiger partial charge < -0.3 is 15.6 Å². The van der Waals surface area contributed by atoms with Gasteiger partial charge in [-0.3, -0.25) is 4.79 Å². The average molecular weight is 381 g/mol. The molecule has 3 heterocycles. The summed E-state index contributed by atoms with van der Waals surface area (Å²) in [6.07, 6.45) is 4.68. The second kappa shape index (κ2) is 8.10. The fourth-order valence-electron chi connectivity index (χ4n) is 3.68. The fourth-order valence-corrected chi connectivity index (χ4v) is 3.68. The molecule has 0 aliphatic carbocycles. The van der Waals surface area contributed by atoms with E-state index in [4.69, 9.17) is 0 Å². The minimum atomic E-state index is -0.217. The minimum Gasteiger partial charge on any atom is -0.340 e. The Morgan fingerprint density at radius 2 is 2.11 bits per heavy atom. The molecule has 0 radical (unpaired) electrons. The summed E-state index contributed by atoms with van der Waals surface area (Å²) in [6.45, 7) is 6.16. The van der Waals surface area contributed by atoms with Gasteiger partial charge in [0.2, 0.25) is 0 Å². The first-order valence-electron chi connectivity index (χ1n) is 10.0. The first-order valence-corrected chi connectivity index (χ1v) is 10.0. The van der Waals surface area contributed by atoms with Crippen molar-refractivity contribution in [3.8, 4) is 0 Å². The van der Waals surface area contributed by atoms with Gasteiger partial charge in [0.15, 0.2) is 5.69 Å². The zero-order valence-electron chi connectivity index (χ0n) is 16.4. The number of amides is 1. The van der Waals surface area contributed by atoms with Crippen LogP contribution in [0.2, 0.25) is 0 Å². The lowest BCUT2D eigenvalue weighted by Gasteiger charge is -2.22. The number of nitrogens with zero attached hydrogens (tertiary/aromatic N) is 4. The van der Waals surface area contributed by atoms with Gasteiger partial charge in [-0.05, 0) is 44.0 Å². The third-order valence-electron chi connectivity index (χ3n) is 5.63. The molecule has 28 heavy (non-hydrogen) atoms. The molecule has 0 bridgehead atoms. The van der Waals surface area contributed by atoms with Crippen LogP contribution in [0, 0.1) is 5.92 Å². The second-order valence-corrected chi connectivity index (χ2v) is 7.54. The topological polar surface area (TPSA) is 101 Å². The number of rotatable bonds is 6. The Balaban J connectivity index is 1.53. The highest BCUT2D eigenvalue weighted by molar-refractivity contribution is 5.92. The third kappa shape index (κ3) is 3.77. The highest BCUT2D eigenvalue weighted by atomic mass is 16.2. The number of fused-ring (bicyclic) bond motifs is 1. The number of hydrogen-bond donors (Lipinski definition) is 3. The molecular weight excluding hydrogens is 354 g/mol. The Labute approximate surface area is 164 Å². The van der Waals surface area contributed by atoms with Crippen molar-refractivity contribution in [3.05, 3.63) is 42.0 Å². The number of imidazole rings is 1. The fraction of sp³-hybridized carbons (Fsp3) is 0.500. The van der Waals surface area contributed by atoms with Crippen LogP contribution >= 0.6 is 0 Å². The first kappa shape index (κ1) is 18.6. The van der Waals surface area contributed by atoms with E-state index in [1.165, 1.54) is 0 Å². The largest absolute Gasteiger partial charge is 0.340 e. The first-order chi connectivity index (χ1) is 13.7. The number of hydrogen-bond acceptors (Lipinski definition) is 5. The summed E-state index contributed by atoms with van der Waals surface area (Å²) < 4.78 is 1.83. The number of benzene rings is 1. The van der Waals surface area contributed by atoms with Crippen LogP contribution < -0.4 is 10.6 Å². The van der Waals surface area contributed by atoms with Gasteiger partial charge in [-0.2, -0.15) is 0 Å². The number of carbonyl (C=O) groups excluding carboxylic acids is 1. The second-order valence-electron chi connectivity index (χ2n) is 7.54. The number of H-pyrrole nitrogens is 1. The monoisotopic (exact) mass is 381 g/mol. The van der Waals surface area contributed by atoms with Crippen LogP contribution in [-0.2, 0) is 0 Å². The number of para-hydroxylation sites is 2. The van der Waals surface area contributed by atoms with E-state index < -0.39 is 0 Å². The zero-order chi connectivity index (χ0) is 19.5. The van der Waals surface area contributed by atoms with Crippen LogP contribution in [0.1, 0.15) is 61.5 Å². The molecule has 148 valence electrons. The number of nitrogens with one attached hydrogen (secondary N) is 3. The lowest BCUT2D eigenvalue weighted by Crippen LogP contribution is -2.33. The van der Waals surface area contributed by atoms with Gasteiger partial charge in [-0.1, -0.05) is 37.6 Å². The Morgan fingerprint density at radius 3 is 2.86 bits per heavy atom. The maximum Gasteiger partial charge on any atom is 0.274 e. The van der Waals surface area contributed by atoms with E-state index in [0.29, 0.717) is 11.7 Å². The smallest absolute Gasteiger partial charge is 0.274 e. The van der Waals surface area contributed by atoms with Gasteiger partial charge in [-0.15, -0.1) is 5.10 Å². The summed E-state index contributed by atoms with van der Waals surface area (Å²) in [7, 11) is 0. The molecule has 3 aromatic rings. The van der Waals surface area contributed by atoms with Crippen LogP contribution in [-0.4, -0.2) is 44.0 Å². The average Bonchev–Trinajstić information content (AvgIpc) is 3.39. The normalized spacial score (nSPS) is 17.5. The predicted octanol–water partition coefficient (Wildman–Crippen LogP) is 2.60. The van der Waals surface area contributed by atoms with Gasteiger partial charge in [0.1, 0.15) is 5.82 Å². The molecule has 2 unspecified atom stereocenters.